The highest BCUT2D eigenvalue weighted by molar-refractivity contribution is 6.47. The number of aliphatic hydroxyl groups is 1. The van der Waals surface area contributed by atoms with Crippen LogP contribution in [0.5, 0.6) is 0 Å². The van der Waals surface area contributed by atoms with Crippen LogP contribution in [0.25, 0.3) is 0 Å². The highest BCUT2D eigenvalue weighted by Crippen LogP contribution is 2.24. The number of hydrogen-bond acceptors (Lipinski definition) is 6. The number of carbonyl (C=O) groups is 1. The Hall–Kier alpha value is -3.74. The van der Waals surface area contributed by atoms with Gasteiger partial charge in [-0.2, -0.15) is 5.26 Å². The molecule has 3 N–H and O–H groups in total. The number of aromatic nitrogens is 1. The maximum atomic E-state index is 13.2. The number of nitrogens with zero attached hydrogens (tertiary/aromatic N) is 2. The van der Waals surface area contributed by atoms with Gasteiger partial charge in [-0.3, -0.25) is 4.79 Å². The van der Waals surface area contributed by atoms with Crippen molar-refractivity contribution in [3.8, 4) is 6.07 Å². The summed E-state index contributed by atoms with van der Waals surface area (Å²) in [7, 11) is 1.61. The summed E-state index contributed by atoms with van der Waals surface area (Å²) in [4.78, 5) is 17.3. The summed E-state index contributed by atoms with van der Waals surface area (Å²) in [6.45, 7) is 9.23. The predicted molar refractivity (Wildman–Crippen MR) is 142 cm³/mol. The lowest BCUT2D eigenvalue weighted by Crippen LogP contribution is -2.49. The zero-order valence-corrected chi connectivity index (χ0v) is 21.7. The number of hydrogen-bond donors (Lipinski definition) is 3. The van der Waals surface area contributed by atoms with Crippen molar-refractivity contribution in [2.24, 2.45) is 0 Å². The summed E-state index contributed by atoms with van der Waals surface area (Å²) in [6, 6.07) is 16.6. The van der Waals surface area contributed by atoms with Crippen LogP contribution in [0.3, 0.4) is 0 Å². The van der Waals surface area contributed by atoms with Crippen molar-refractivity contribution in [3.63, 3.8) is 0 Å². The molecule has 1 atom stereocenters. The quantitative estimate of drug-likeness (QED) is 0.363. The number of nitriles is 1. The summed E-state index contributed by atoms with van der Waals surface area (Å²) < 4.78 is 19.0. The van der Waals surface area contributed by atoms with E-state index in [0.29, 0.717) is 12.4 Å². The van der Waals surface area contributed by atoms with E-state index in [2.05, 4.69) is 15.6 Å². The van der Waals surface area contributed by atoms with E-state index >= 15 is 0 Å². The Bertz CT molecular complexity index is 1270. The zero-order valence-electron chi connectivity index (χ0n) is 21.7. The van der Waals surface area contributed by atoms with Crippen LogP contribution in [0.1, 0.15) is 67.7 Å². The molecule has 0 saturated heterocycles. The molecule has 3 rings (SSSR count). The third kappa shape index (κ3) is 7.38. The molecule has 1 heterocycles. The molecule has 0 spiro atoms. The molecule has 1 aromatic heterocycles. The number of halogens is 1. The van der Waals surface area contributed by atoms with Gasteiger partial charge in [0.1, 0.15) is 17.7 Å². The molecule has 1 unspecified atom stereocenters. The summed E-state index contributed by atoms with van der Waals surface area (Å²) in [5, 5.41) is 25.6. The number of anilines is 1. The van der Waals surface area contributed by atoms with Gasteiger partial charge in [-0.15, -0.1) is 0 Å². The van der Waals surface area contributed by atoms with Crippen molar-refractivity contribution >= 4 is 24.7 Å². The van der Waals surface area contributed by atoms with Crippen molar-refractivity contribution in [1.29, 1.82) is 5.26 Å². The van der Waals surface area contributed by atoms with Crippen molar-refractivity contribution in [3.05, 3.63) is 88.9 Å². The van der Waals surface area contributed by atoms with E-state index in [1.165, 1.54) is 24.4 Å². The molecule has 0 fully saturated rings. The molecule has 0 aliphatic carbocycles. The van der Waals surface area contributed by atoms with Crippen LogP contribution in [-0.2, 0) is 11.2 Å². The molecule has 7 nitrogen and oxygen atoms in total. The van der Waals surface area contributed by atoms with Gasteiger partial charge in [-0.05, 0) is 63.9 Å². The Kier molecular flexibility index (Phi) is 8.69. The molecule has 3 aromatic rings. The topological polar surface area (TPSA) is 107 Å². The number of pyridine rings is 1. The molecule has 9 heteroatoms. The fourth-order valence-electron chi connectivity index (χ4n) is 3.21. The second-order valence-corrected chi connectivity index (χ2v) is 9.88. The van der Waals surface area contributed by atoms with Crippen LogP contribution in [-0.4, -0.2) is 34.7 Å². The van der Waals surface area contributed by atoms with Gasteiger partial charge in [0.05, 0.1) is 28.4 Å². The third-order valence-corrected chi connectivity index (χ3v) is 6.38. The van der Waals surface area contributed by atoms with Crippen LogP contribution in [0.2, 0.25) is 0 Å². The van der Waals surface area contributed by atoms with Gasteiger partial charge in [0.2, 0.25) is 0 Å². The molecule has 1 radical (unpaired) electrons. The van der Waals surface area contributed by atoms with E-state index in [1.807, 2.05) is 44.2 Å². The lowest BCUT2D eigenvalue weighted by atomic mass is 9.82. The molecular weight excluding hydrogens is 470 g/mol. The normalized spacial score (nSPS) is 12.4. The average molecular weight is 501 g/mol. The summed E-state index contributed by atoms with van der Waals surface area (Å²) in [5.41, 5.74) is 1.25. The molecule has 2 aromatic carbocycles. The minimum absolute atomic E-state index is 0.236. The molecule has 0 saturated carbocycles. The van der Waals surface area contributed by atoms with Gasteiger partial charge in [0.15, 0.2) is 0 Å². The zero-order chi connectivity index (χ0) is 27.2. The molecule has 0 aliphatic rings. The minimum atomic E-state index is -1.01. The Balaban J connectivity index is 1.67. The van der Waals surface area contributed by atoms with Gasteiger partial charge < -0.3 is 20.4 Å². The Labute approximate surface area is 218 Å². The first kappa shape index (κ1) is 27.8. The number of rotatable bonds is 10. The first-order valence-electron chi connectivity index (χ1n) is 11.9. The lowest BCUT2D eigenvalue weighted by Gasteiger charge is -2.37. The minimum Gasteiger partial charge on any atom is -0.427 e. The molecule has 191 valence electrons. The van der Waals surface area contributed by atoms with E-state index in [-0.39, 0.29) is 23.0 Å². The summed E-state index contributed by atoms with van der Waals surface area (Å²) in [6.07, 6.45) is 1.41. The monoisotopic (exact) mass is 501 g/mol. The summed E-state index contributed by atoms with van der Waals surface area (Å²) in [5.74, 6) is -0.412. The van der Waals surface area contributed by atoms with Crippen LogP contribution in [0.15, 0.2) is 60.8 Å². The second-order valence-electron chi connectivity index (χ2n) is 9.88. The molecule has 0 bridgehead atoms. The van der Waals surface area contributed by atoms with Crippen molar-refractivity contribution < 1.29 is 18.9 Å². The van der Waals surface area contributed by atoms with Crippen molar-refractivity contribution in [1.82, 2.24) is 10.3 Å². The van der Waals surface area contributed by atoms with E-state index in [1.54, 1.807) is 40.4 Å². The molecular formula is C28H31BFN4O3. The smallest absolute Gasteiger partial charge is 0.330 e. The third-order valence-electron chi connectivity index (χ3n) is 6.38. The van der Waals surface area contributed by atoms with Gasteiger partial charge in [0, 0.05) is 12.7 Å². The molecule has 1 amide bonds. The fraction of sp³-hybridized carbons (Fsp3) is 0.321. The van der Waals surface area contributed by atoms with Crippen LogP contribution in [0, 0.1) is 17.1 Å². The lowest BCUT2D eigenvalue weighted by molar-refractivity contribution is -0.0893. The first-order valence-corrected chi connectivity index (χ1v) is 11.9. The van der Waals surface area contributed by atoms with Gasteiger partial charge >= 0.3 is 7.48 Å². The van der Waals surface area contributed by atoms with E-state index in [0.717, 1.165) is 16.6 Å². The highest BCUT2D eigenvalue weighted by atomic mass is 19.1. The number of carbonyl (C=O) groups excluding carboxylic acids is 1. The Morgan fingerprint density at radius 1 is 1.16 bits per heavy atom. The number of amides is 1. The SMILES string of the molecule is CC(NC(=O)c1cc(C#N)cnc1NCc1ccc([B]OC(C)(C)C(C)(C)O)cc1)c1ccc(F)cc1. The Morgan fingerprint density at radius 2 is 1.81 bits per heavy atom. The average Bonchev–Trinajstić information content (AvgIpc) is 2.86. The largest absolute Gasteiger partial charge is 0.427 e. The summed E-state index contributed by atoms with van der Waals surface area (Å²) >= 11 is 0. The maximum absolute atomic E-state index is 13.2. The maximum Gasteiger partial charge on any atom is 0.330 e. The standard InChI is InChI=1S/C28H31BFN4O3/c1-18(21-8-12-23(30)13-9-21)34-26(35)24-14-20(15-31)17-33-25(24)32-16-19-6-10-22(11-7-19)29-37-28(4,5)27(2,3)36/h6-14,17-18,36H,16H2,1-5H3,(H,32,33)(H,34,35). The highest BCUT2D eigenvalue weighted by Gasteiger charge is 2.35. The van der Waals surface area contributed by atoms with E-state index in [4.69, 9.17) is 4.65 Å². The van der Waals surface area contributed by atoms with E-state index < -0.39 is 17.1 Å². The number of nitrogens with one attached hydrogen (secondary N) is 2. The van der Waals surface area contributed by atoms with Crippen LogP contribution < -0.4 is 16.1 Å². The van der Waals surface area contributed by atoms with Crippen molar-refractivity contribution in [2.45, 2.75) is 58.4 Å². The van der Waals surface area contributed by atoms with Gasteiger partial charge in [-0.25, -0.2) is 9.37 Å². The molecule has 37 heavy (non-hydrogen) atoms. The van der Waals surface area contributed by atoms with Crippen molar-refractivity contribution in [2.75, 3.05) is 5.32 Å². The Morgan fingerprint density at radius 3 is 2.41 bits per heavy atom. The molecule has 0 aliphatic heterocycles. The predicted octanol–water partition coefficient (Wildman–Crippen LogP) is 4.01. The van der Waals surface area contributed by atoms with Gasteiger partial charge in [0.25, 0.3) is 5.91 Å². The van der Waals surface area contributed by atoms with Gasteiger partial charge in [-0.1, -0.05) is 41.9 Å². The first-order chi connectivity index (χ1) is 17.4. The fourth-order valence-corrected chi connectivity index (χ4v) is 3.21. The van der Waals surface area contributed by atoms with Crippen LogP contribution >= 0.6 is 0 Å². The van der Waals surface area contributed by atoms with E-state index in [9.17, 15) is 19.6 Å². The second kappa shape index (κ2) is 11.5. The number of benzene rings is 2. The van der Waals surface area contributed by atoms with Crippen LogP contribution in [0.4, 0.5) is 10.2 Å².